The van der Waals surface area contributed by atoms with E-state index in [-0.39, 0.29) is 11.9 Å². The Labute approximate surface area is 89.0 Å². The zero-order valence-corrected chi connectivity index (χ0v) is 8.68. The average Bonchev–Trinajstić information content (AvgIpc) is 2.27. The molecule has 0 spiro atoms. The molecule has 3 nitrogen and oxygen atoms in total. The zero-order valence-electron chi connectivity index (χ0n) is 8.68. The molecule has 2 rings (SSSR count). The molecule has 1 saturated carbocycles. The number of rotatable bonds is 4. The molecule has 0 heterocycles. The first-order chi connectivity index (χ1) is 7.31. The van der Waals surface area contributed by atoms with E-state index in [0.29, 0.717) is 13.0 Å². The molecule has 80 valence electrons. The second kappa shape index (κ2) is 4.45. The number of benzene rings is 1. The van der Waals surface area contributed by atoms with Gasteiger partial charge in [-0.15, -0.1) is 0 Å². The van der Waals surface area contributed by atoms with Crippen LogP contribution in [0.4, 0.5) is 0 Å². The molecule has 0 unspecified atom stereocenters. The highest BCUT2D eigenvalue weighted by atomic mass is 16.5. The molecule has 0 bridgehead atoms. The summed E-state index contributed by atoms with van der Waals surface area (Å²) in [5, 5.41) is 0. The van der Waals surface area contributed by atoms with Crippen LogP contribution < -0.4 is 4.74 Å². The minimum absolute atomic E-state index is 0.0669. The van der Waals surface area contributed by atoms with Crippen molar-refractivity contribution in [3.63, 3.8) is 0 Å². The molecule has 0 saturated heterocycles. The van der Waals surface area contributed by atoms with E-state index in [1.54, 1.807) is 0 Å². The van der Waals surface area contributed by atoms with Crippen molar-refractivity contribution in [2.24, 2.45) is 0 Å². The van der Waals surface area contributed by atoms with Gasteiger partial charge in [0, 0.05) is 13.0 Å². The van der Waals surface area contributed by atoms with Crippen molar-refractivity contribution in [3.8, 4) is 5.75 Å². The first kappa shape index (κ1) is 10.2. The quantitative estimate of drug-likeness (QED) is 0.753. The highest BCUT2D eigenvalue weighted by Crippen LogP contribution is 2.25. The zero-order chi connectivity index (χ0) is 10.7. The van der Waals surface area contributed by atoms with Crippen molar-refractivity contribution in [1.82, 2.24) is 0 Å². The maximum atomic E-state index is 11.3. The van der Waals surface area contributed by atoms with Gasteiger partial charge in [0.25, 0.3) is 0 Å². The monoisotopic (exact) mass is 206 g/mol. The lowest BCUT2D eigenvalue weighted by molar-refractivity contribution is -0.152. The number of ketones is 1. The summed E-state index contributed by atoms with van der Waals surface area (Å²) in [6.07, 6.45) is 0.000720. The highest BCUT2D eigenvalue weighted by Gasteiger charge is 2.42. The van der Waals surface area contributed by atoms with E-state index < -0.39 is 6.10 Å². The number of hydrogen-bond acceptors (Lipinski definition) is 3. The first-order valence-corrected chi connectivity index (χ1v) is 5.17. The maximum absolute atomic E-state index is 11.3. The summed E-state index contributed by atoms with van der Waals surface area (Å²) < 4.78 is 10.9. The van der Waals surface area contributed by atoms with Crippen LogP contribution >= 0.6 is 0 Å². The van der Waals surface area contributed by atoms with Crippen LogP contribution in [0.15, 0.2) is 30.3 Å². The fourth-order valence-corrected chi connectivity index (χ4v) is 1.62. The summed E-state index contributed by atoms with van der Waals surface area (Å²) in [6.45, 7) is 2.54. The Bertz CT molecular complexity index is 334. The molecule has 1 aromatic carbocycles. The van der Waals surface area contributed by atoms with E-state index in [1.807, 2.05) is 37.3 Å². The third-order valence-electron chi connectivity index (χ3n) is 2.44. The van der Waals surface area contributed by atoms with Gasteiger partial charge in [0.1, 0.15) is 11.9 Å². The van der Waals surface area contributed by atoms with Crippen molar-refractivity contribution in [2.45, 2.75) is 25.6 Å². The molecular formula is C12H14O3. The van der Waals surface area contributed by atoms with Crippen LogP contribution in [0.2, 0.25) is 0 Å². The molecule has 1 aromatic rings. The van der Waals surface area contributed by atoms with E-state index >= 15 is 0 Å². The van der Waals surface area contributed by atoms with Gasteiger partial charge in [0.2, 0.25) is 0 Å². The Morgan fingerprint density at radius 1 is 1.33 bits per heavy atom. The fourth-order valence-electron chi connectivity index (χ4n) is 1.62. The number of hydrogen-bond donors (Lipinski definition) is 0. The van der Waals surface area contributed by atoms with E-state index in [1.165, 1.54) is 0 Å². The van der Waals surface area contributed by atoms with Gasteiger partial charge in [-0.3, -0.25) is 4.79 Å². The molecule has 15 heavy (non-hydrogen) atoms. The topological polar surface area (TPSA) is 35.5 Å². The second-order valence-electron chi connectivity index (χ2n) is 3.52. The lowest BCUT2D eigenvalue weighted by Crippen LogP contribution is -2.52. The molecule has 1 fully saturated rings. The molecule has 1 aliphatic carbocycles. The maximum Gasteiger partial charge on any atom is 0.183 e. The Morgan fingerprint density at radius 3 is 2.67 bits per heavy atom. The van der Waals surface area contributed by atoms with E-state index in [4.69, 9.17) is 9.47 Å². The summed E-state index contributed by atoms with van der Waals surface area (Å²) in [5.41, 5.74) is 0. The summed E-state index contributed by atoms with van der Waals surface area (Å²) in [5.74, 6) is 0.845. The predicted molar refractivity (Wildman–Crippen MR) is 55.9 cm³/mol. The van der Waals surface area contributed by atoms with Crippen LogP contribution in [0, 0.1) is 0 Å². The second-order valence-corrected chi connectivity index (χ2v) is 3.52. The Balaban J connectivity index is 1.96. The normalized spacial score (nSPS) is 24.7. The van der Waals surface area contributed by atoms with Gasteiger partial charge >= 0.3 is 0 Å². The number of ether oxygens (including phenoxy) is 2. The van der Waals surface area contributed by atoms with Gasteiger partial charge in [-0.05, 0) is 19.1 Å². The molecule has 0 amide bonds. The van der Waals surface area contributed by atoms with Crippen molar-refractivity contribution >= 4 is 5.78 Å². The van der Waals surface area contributed by atoms with Crippen LogP contribution in [0.3, 0.4) is 0 Å². The number of para-hydroxylation sites is 1. The Hall–Kier alpha value is -1.35. The minimum Gasteiger partial charge on any atom is -0.480 e. The van der Waals surface area contributed by atoms with Crippen molar-refractivity contribution in [1.29, 1.82) is 0 Å². The Kier molecular flexibility index (Phi) is 3.02. The summed E-state index contributed by atoms with van der Waals surface area (Å²) in [6, 6.07) is 9.36. The highest BCUT2D eigenvalue weighted by molar-refractivity contribution is 5.90. The summed E-state index contributed by atoms with van der Waals surface area (Å²) in [4.78, 5) is 11.3. The fraction of sp³-hybridized carbons (Fsp3) is 0.417. The van der Waals surface area contributed by atoms with Crippen molar-refractivity contribution < 1.29 is 14.3 Å². The van der Waals surface area contributed by atoms with Gasteiger partial charge in [0.15, 0.2) is 11.9 Å². The molecule has 0 aliphatic heterocycles. The molecule has 2 atom stereocenters. The van der Waals surface area contributed by atoms with Gasteiger partial charge in [-0.2, -0.15) is 0 Å². The molecule has 0 aromatic heterocycles. The van der Waals surface area contributed by atoms with Crippen molar-refractivity contribution in [2.75, 3.05) is 6.61 Å². The van der Waals surface area contributed by atoms with Gasteiger partial charge in [-0.1, -0.05) is 18.2 Å². The molecular weight excluding hydrogens is 192 g/mol. The molecule has 3 heteroatoms. The minimum atomic E-state index is -0.410. The molecule has 0 N–H and O–H groups in total. The lowest BCUT2D eigenvalue weighted by atomic mass is 9.90. The standard InChI is InChI=1S/C12H14O3/c1-2-14-11-8-10(13)12(11)15-9-6-4-3-5-7-9/h3-7,11-12H,2,8H2,1H3/t11-,12-/m0/s1. The Morgan fingerprint density at radius 2 is 2.07 bits per heavy atom. The number of carbonyl (C=O) groups excluding carboxylic acids is 1. The number of carbonyl (C=O) groups is 1. The van der Waals surface area contributed by atoms with Crippen LogP contribution in [0.25, 0.3) is 0 Å². The summed E-state index contributed by atoms with van der Waals surface area (Å²) >= 11 is 0. The predicted octanol–water partition coefficient (Wildman–Crippen LogP) is 1.81. The molecule has 1 aliphatic rings. The first-order valence-electron chi connectivity index (χ1n) is 5.17. The van der Waals surface area contributed by atoms with Crippen LogP contribution in [-0.2, 0) is 9.53 Å². The molecule has 0 radical (unpaired) electrons. The SMILES string of the molecule is CCO[C@H]1CC(=O)[C@@H]1Oc1ccccc1. The summed E-state index contributed by atoms with van der Waals surface area (Å²) in [7, 11) is 0. The lowest BCUT2D eigenvalue weighted by Gasteiger charge is -2.34. The van der Waals surface area contributed by atoms with E-state index in [9.17, 15) is 4.79 Å². The number of Topliss-reactive ketones (excluding diaryl/α,β-unsaturated/α-hetero) is 1. The van der Waals surface area contributed by atoms with Gasteiger partial charge in [-0.25, -0.2) is 0 Å². The van der Waals surface area contributed by atoms with Crippen molar-refractivity contribution in [3.05, 3.63) is 30.3 Å². The third-order valence-corrected chi connectivity index (χ3v) is 2.44. The average molecular weight is 206 g/mol. The van der Waals surface area contributed by atoms with E-state index in [0.717, 1.165) is 5.75 Å². The van der Waals surface area contributed by atoms with Gasteiger partial charge in [0.05, 0.1) is 0 Å². The third kappa shape index (κ3) is 2.18. The van der Waals surface area contributed by atoms with Gasteiger partial charge < -0.3 is 9.47 Å². The smallest absolute Gasteiger partial charge is 0.183 e. The van der Waals surface area contributed by atoms with E-state index in [2.05, 4.69) is 0 Å². The largest absolute Gasteiger partial charge is 0.480 e. The van der Waals surface area contributed by atoms with Crippen LogP contribution in [0.1, 0.15) is 13.3 Å². The van der Waals surface area contributed by atoms with Crippen LogP contribution in [0.5, 0.6) is 5.75 Å². The van der Waals surface area contributed by atoms with Crippen LogP contribution in [-0.4, -0.2) is 24.6 Å².